The summed E-state index contributed by atoms with van der Waals surface area (Å²) in [6, 6.07) is -0.738. The van der Waals surface area contributed by atoms with Gasteiger partial charge in [-0.1, -0.05) is 131 Å². The van der Waals surface area contributed by atoms with E-state index in [0.29, 0.717) is 12.8 Å². The van der Waals surface area contributed by atoms with Crippen LogP contribution in [-0.2, 0) is 28.6 Å². The quantitative estimate of drug-likeness (QED) is 0.0227. The lowest BCUT2D eigenvalue weighted by atomic mass is 10.1. The molecule has 8 heteroatoms. The van der Waals surface area contributed by atoms with Gasteiger partial charge in [0, 0.05) is 19.3 Å². The Morgan fingerprint density at radius 1 is 0.608 bits per heavy atom. The normalized spacial score (nSPS) is 14.0. The van der Waals surface area contributed by atoms with E-state index in [1.807, 2.05) is 60.8 Å². The summed E-state index contributed by atoms with van der Waals surface area (Å²) in [5, 5.41) is 11.6. The van der Waals surface area contributed by atoms with Crippen molar-refractivity contribution in [1.29, 1.82) is 0 Å². The Labute approximate surface area is 310 Å². The van der Waals surface area contributed by atoms with Gasteiger partial charge in [-0.3, -0.25) is 9.59 Å². The van der Waals surface area contributed by atoms with E-state index in [-0.39, 0.29) is 49.1 Å². The standard InChI is InChI=1S/C43H69NO7/c1-6-8-10-12-14-16-18-19-20-21-22-23-24-26-27-29-31-33-41(45)50-38-39(37-49-36-35-40(43(47)48)44(3,4)5)51-42(46)34-32-30-28-25-17-15-13-11-9-7-2/h8,10,12-16,18-24,39-40H,6-7,9,11,17,25-38H2,1-5H3/b10-8+,14-12+,15-13+,18-16+,20-19+,22-21+,24-23+. The summed E-state index contributed by atoms with van der Waals surface area (Å²) in [7, 11) is 5.36. The molecular weight excluding hydrogens is 642 g/mol. The van der Waals surface area contributed by atoms with Crippen molar-refractivity contribution < 1.29 is 38.2 Å². The van der Waals surface area contributed by atoms with Crippen molar-refractivity contribution in [2.75, 3.05) is 41.0 Å². The van der Waals surface area contributed by atoms with Gasteiger partial charge in [-0.25, -0.2) is 0 Å². The number of carbonyl (C=O) groups excluding carboxylic acids is 3. The van der Waals surface area contributed by atoms with Crippen LogP contribution < -0.4 is 5.11 Å². The predicted octanol–water partition coefficient (Wildman–Crippen LogP) is 8.46. The van der Waals surface area contributed by atoms with Crippen molar-refractivity contribution in [2.45, 2.75) is 129 Å². The summed E-state index contributed by atoms with van der Waals surface area (Å²) in [6.45, 7) is 4.37. The molecule has 0 fully saturated rings. The van der Waals surface area contributed by atoms with Gasteiger partial charge in [0.1, 0.15) is 12.6 Å². The number of aliphatic carboxylic acids is 1. The van der Waals surface area contributed by atoms with Crippen LogP contribution >= 0.6 is 0 Å². The highest BCUT2D eigenvalue weighted by molar-refractivity contribution is 5.70. The number of esters is 2. The van der Waals surface area contributed by atoms with Crippen LogP contribution in [0.3, 0.4) is 0 Å². The predicted molar refractivity (Wildman–Crippen MR) is 208 cm³/mol. The molecule has 0 aromatic heterocycles. The molecule has 0 aliphatic rings. The Morgan fingerprint density at radius 3 is 1.69 bits per heavy atom. The molecule has 51 heavy (non-hydrogen) atoms. The first-order valence-corrected chi connectivity index (χ1v) is 19.2. The smallest absolute Gasteiger partial charge is 0.306 e. The van der Waals surface area contributed by atoms with E-state index in [2.05, 4.69) is 38.2 Å². The summed E-state index contributed by atoms with van der Waals surface area (Å²) in [4.78, 5) is 36.6. The second kappa shape index (κ2) is 33.6. The third kappa shape index (κ3) is 32.2. The minimum absolute atomic E-state index is 0.0157. The number of carbonyl (C=O) groups is 3. The summed E-state index contributed by atoms with van der Waals surface area (Å²) in [6.07, 6.45) is 41.8. The van der Waals surface area contributed by atoms with E-state index in [1.54, 1.807) is 21.1 Å². The topological polar surface area (TPSA) is 102 Å². The molecule has 288 valence electrons. The highest BCUT2D eigenvalue weighted by Gasteiger charge is 2.25. The highest BCUT2D eigenvalue weighted by Crippen LogP contribution is 2.11. The molecule has 0 aromatic rings. The van der Waals surface area contributed by atoms with E-state index in [0.717, 1.165) is 64.2 Å². The molecule has 0 saturated carbocycles. The Bertz CT molecular complexity index is 1110. The molecule has 8 nitrogen and oxygen atoms in total. The number of nitrogens with zero attached hydrogens (tertiary/aromatic N) is 1. The Hall–Kier alpha value is -3.49. The van der Waals surface area contributed by atoms with Gasteiger partial charge in [0.05, 0.1) is 40.3 Å². The van der Waals surface area contributed by atoms with Crippen LogP contribution in [0.2, 0.25) is 0 Å². The molecule has 0 amide bonds. The Morgan fingerprint density at radius 2 is 1.12 bits per heavy atom. The second-order valence-corrected chi connectivity index (χ2v) is 13.6. The number of rotatable bonds is 32. The van der Waals surface area contributed by atoms with E-state index in [9.17, 15) is 19.5 Å². The molecular formula is C43H69NO7. The van der Waals surface area contributed by atoms with Crippen LogP contribution in [-0.4, -0.2) is 75.5 Å². The first-order chi connectivity index (χ1) is 24.6. The maximum atomic E-state index is 12.6. The average molecular weight is 712 g/mol. The summed E-state index contributed by atoms with van der Waals surface area (Å²) < 4.78 is 17.0. The van der Waals surface area contributed by atoms with Crippen molar-refractivity contribution in [3.63, 3.8) is 0 Å². The Kier molecular flexibility index (Phi) is 31.3. The van der Waals surface area contributed by atoms with Gasteiger partial charge in [0.2, 0.25) is 0 Å². The van der Waals surface area contributed by atoms with Crippen molar-refractivity contribution >= 4 is 17.9 Å². The number of ether oxygens (including phenoxy) is 3. The zero-order valence-electron chi connectivity index (χ0n) is 32.5. The van der Waals surface area contributed by atoms with Crippen LogP contribution in [0.15, 0.2) is 85.1 Å². The van der Waals surface area contributed by atoms with Gasteiger partial charge in [0.25, 0.3) is 0 Å². The Balaban J connectivity index is 4.53. The monoisotopic (exact) mass is 712 g/mol. The largest absolute Gasteiger partial charge is 0.544 e. The fourth-order valence-electron chi connectivity index (χ4n) is 4.90. The second-order valence-electron chi connectivity index (χ2n) is 13.6. The fraction of sp³-hybridized carbons (Fsp3) is 0.605. The lowest BCUT2D eigenvalue weighted by Crippen LogP contribution is -2.55. The highest BCUT2D eigenvalue weighted by atomic mass is 16.6. The number of hydrogen-bond donors (Lipinski definition) is 0. The van der Waals surface area contributed by atoms with E-state index < -0.39 is 18.1 Å². The van der Waals surface area contributed by atoms with Gasteiger partial charge in [0.15, 0.2) is 6.10 Å². The molecule has 0 N–H and O–H groups in total. The molecule has 2 unspecified atom stereocenters. The first kappa shape index (κ1) is 47.5. The number of allylic oxidation sites excluding steroid dienone is 14. The molecule has 0 heterocycles. The first-order valence-electron chi connectivity index (χ1n) is 19.2. The zero-order chi connectivity index (χ0) is 37.8. The number of carboxylic acid groups (broad SMARTS) is 1. The molecule has 0 saturated heterocycles. The van der Waals surface area contributed by atoms with E-state index in [4.69, 9.17) is 14.2 Å². The molecule has 0 radical (unpaired) electrons. The van der Waals surface area contributed by atoms with Gasteiger partial charge in [-0.15, -0.1) is 0 Å². The van der Waals surface area contributed by atoms with Crippen LogP contribution in [0.1, 0.15) is 117 Å². The number of carboxylic acids is 1. The minimum Gasteiger partial charge on any atom is -0.544 e. The fourth-order valence-corrected chi connectivity index (χ4v) is 4.90. The van der Waals surface area contributed by atoms with Crippen molar-refractivity contribution in [3.05, 3.63) is 85.1 Å². The molecule has 2 atom stereocenters. The van der Waals surface area contributed by atoms with Gasteiger partial charge in [-0.2, -0.15) is 0 Å². The van der Waals surface area contributed by atoms with Crippen molar-refractivity contribution in [3.8, 4) is 0 Å². The number of likely N-dealkylation sites (N-methyl/N-ethyl adjacent to an activating group) is 1. The molecule has 0 aromatic carbocycles. The third-order valence-corrected chi connectivity index (χ3v) is 7.93. The van der Waals surface area contributed by atoms with Crippen LogP contribution in [0.25, 0.3) is 0 Å². The third-order valence-electron chi connectivity index (χ3n) is 7.93. The van der Waals surface area contributed by atoms with Gasteiger partial charge in [-0.05, 0) is 51.4 Å². The number of hydrogen-bond acceptors (Lipinski definition) is 7. The van der Waals surface area contributed by atoms with Crippen LogP contribution in [0.5, 0.6) is 0 Å². The van der Waals surface area contributed by atoms with Gasteiger partial charge < -0.3 is 28.6 Å². The number of quaternary nitrogens is 1. The van der Waals surface area contributed by atoms with Crippen molar-refractivity contribution in [2.24, 2.45) is 0 Å². The lowest BCUT2D eigenvalue weighted by molar-refractivity contribution is -0.889. The van der Waals surface area contributed by atoms with Gasteiger partial charge >= 0.3 is 11.9 Å². The summed E-state index contributed by atoms with van der Waals surface area (Å²) in [5.41, 5.74) is 0. The zero-order valence-corrected chi connectivity index (χ0v) is 32.5. The molecule has 0 aliphatic carbocycles. The van der Waals surface area contributed by atoms with Crippen LogP contribution in [0.4, 0.5) is 0 Å². The minimum atomic E-state index is -1.14. The van der Waals surface area contributed by atoms with E-state index >= 15 is 0 Å². The molecule has 0 aliphatic heterocycles. The molecule has 0 spiro atoms. The molecule has 0 rings (SSSR count). The SMILES string of the molecule is CC/C=C/C=C/C=C/C=C/C=C/C=C/CCCCCC(=O)OCC(COCCC(C(=O)[O-])[N+](C)(C)C)OC(=O)CCCCCC/C=C/CCCC. The summed E-state index contributed by atoms with van der Waals surface area (Å²) >= 11 is 0. The maximum Gasteiger partial charge on any atom is 0.306 e. The van der Waals surface area contributed by atoms with Crippen molar-refractivity contribution in [1.82, 2.24) is 0 Å². The lowest BCUT2D eigenvalue weighted by Gasteiger charge is -2.34. The van der Waals surface area contributed by atoms with Crippen LogP contribution in [0, 0.1) is 0 Å². The van der Waals surface area contributed by atoms with E-state index in [1.165, 1.54) is 12.8 Å². The maximum absolute atomic E-state index is 12.6. The molecule has 0 bridgehead atoms. The number of unbranched alkanes of at least 4 members (excludes halogenated alkanes) is 9. The average Bonchev–Trinajstić information content (AvgIpc) is 3.08. The summed E-state index contributed by atoms with van der Waals surface area (Å²) in [5.74, 6) is -1.83.